The molecule has 0 fully saturated rings. The van der Waals surface area contributed by atoms with Crippen LogP contribution in [-0.2, 0) is 11.8 Å². The van der Waals surface area contributed by atoms with Crippen LogP contribution in [0.3, 0.4) is 0 Å². The zero-order valence-electron chi connectivity index (χ0n) is 23.4. The van der Waals surface area contributed by atoms with Gasteiger partial charge >= 0.3 is 0 Å². The van der Waals surface area contributed by atoms with E-state index in [9.17, 15) is 0 Å². The van der Waals surface area contributed by atoms with Crippen molar-refractivity contribution in [2.45, 2.75) is 60.3 Å². The minimum atomic E-state index is -0.000306. The fourth-order valence-electron chi connectivity index (χ4n) is 5.70. The highest BCUT2D eigenvalue weighted by molar-refractivity contribution is 5.98. The molecule has 0 radical (unpaired) electrons. The number of pyridine rings is 1. The molecule has 0 bridgehead atoms. The lowest BCUT2D eigenvalue weighted by Crippen LogP contribution is -2.12. The van der Waals surface area contributed by atoms with Gasteiger partial charge in [0.2, 0.25) is 5.71 Å². The van der Waals surface area contributed by atoms with Crippen LogP contribution in [0.25, 0.3) is 55.2 Å². The van der Waals surface area contributed by atoms with Gasteiger partial charge in [-0.15, -0.1) is 0 Å². The van der Waals surface area contributed by atoms with Crippen LogP contribution in [0, 0.1) is 19.8 Å². The molecule has 3 aromatic heterocycles. The van der Waals surface area contributed by atoms with E-state index in [1.54, 1.807) is 0 Å². The summed E-state index contributed by atoms with van der Waals surface area (Å²) < 4.78 is 12.4. The Labute approximate surface area is 224 Å². The Morgan fingerprint density at radius 1 is 0.789 bits per heavy atom. The lowest BCUT2D eigenvalue weighted by Gasteiger charge is -2.22. The number of furan rings is 2. The van der Waals surface area contributed by atoms with Gasteiger partial charge in [-0.1, -0.05) is 71.0 Å². The first kappa shape index (κ1) is 24.5. The highest BCUT2D eigenvalue weighted by Crippen LogP contribution is 2.39. The minimum absolute atomic E-state index is 0.000306. The molecule has 0 aliphatic heterocycles. The lowest BCUT2D eigenvalue weighted by molar-refractivity contribution is 0.560. The van der Waals surface area contributed by atoms with Crippen molar-refractivity contribution < 1.29 is 8.83 Å². The highest BCUT2D eigenvalue weighted by atomic mass is 16.3. The van der Waals surface area contributed by atoms with Gasteiger partial charge in [0.15, 0.2) is 0 Å². The van der Waals surface area contributed by atoms with Gasteiger partial charge in [0.25, 0.3) is 0 Å². The van der Waals surface area contributed by atoms with E-state index >= 15 is 0 Å². The normalized spacial score (nSPS) is 12.4. The average Bonchev–Trinajstić information content (AvgIpc) is 3.39. The summed E-state index contributed by atoms with van der Waals surface area (Å²) in [7, 11) is 0. The minimum Gasteiger partial charge on any atom is -0.461 e. The fraction of sp³-hybridized carbons (Fsp3) is 0.286. The van der Waals surface area contributed by atoms with Crippen molar-refractivity contribution in [3.8, 4) is 22.4 Å². The SMILES string of the molecule is Cc1cc2c(-c3ccc4c(CC(C)C)c(C)oc4c3)cc(-c3cc(C(C)(C)C)c4ccccc4c3)nc2o1. The van der Waals surface area contributed by atoms with Crippen LogP contribution < -0.4 is 0 Å². The molecule has 0 N–H and O–H groups in total. The molecule has 3 nitrogen and oxygen atoms in total. The van der Waals surface area contributed by atoms with Gasteiger partial charge in [-0.3, -0.25) is 0 Å². The van der Waals surface area contributed by atoms with Crippen LogP contribution in [0.2, 0.25) is 0 Å². The molecular weight excluding hydrogens is 466 g/mol. The fourth-order valence-corrected chi connectivity index (χ4v) is 5.70. The summed E-state index contributed by atoms with van der Waals surface area (Å²) >= 11 is 0. The third kappa shape index (κ3) is 4.20. The summed E-state index contributed by atoms with van der Waals surface area (Å²) in [6, 6.07) is 24.1. The molecule has 192 valence electrons. The molecule has 6 rings (SSSR count). The number of benzene rings is 3. The largest absolute Gasteiger partial charge is 0.461 e. The Kier molecular flexibility index (Phi) is 5.72. The van der Waals surface area contributed by atoms with Crippen LogP contribution in [-0.4, -0.2) is 4.98 Å². The molecule has 6 aromatic rings. The Hall–Kier alpha value is -3.85. The second kappa shape index (κ2) is 8.87. The van der Waals surface area contributed by atoms with E-state index in [1.807, 2.05) is 6.92 Å². The zero-order chi connectivity index (χ0) is 26.8. The molecule has 0 atom stereocenters. The van der Waals surface area contributed by atoms with Gasteiger partial charge < -0.3 is 8.83 Å². The maximum absolute atomic E-state index is 6.26. The number of aromatic nitrogens is 1. The van der Waals surface area contributed by atoms with Crippen molar-refractivity contribution in [1.29, 1.82) is 0 Å². The quantitative estimate of drug-likeness (QED) is 0.241. The summed E-state index contributed by atoms with van der Waals surface area (Å²) in [6.07, 6.45) is 1.01. The van der Waals surface area contributed by atoms with Crippen molar-refractivity contribution >= 4 is 32.8 Å². The molecule has 0 saturated heterocycles. The molecule has 0 aliphatic carbocycles. The first-order valence-electron chi connectivity index (χ1n) is 13.6. The number of rotatable bonds is 4. The third-order valence-corrected chi connectivity index (χ3v) is 7.51. The Balaban J connectivity index is 1.57. The second-order valence-electron chi connectivity index (χ2n) is 12.1. The Morgan fingerprint density at radius 3 is 2.34 bits per heavy atom. The summed E-state index contributed by atoms with van der Waals surface area (Å²) in [5.74, 6) is 2.44. The first-order valence-corrected chi connectivity index (χ1v) is 13.6. The van der Waals surface area contributed by atoms with Crippen molar-refractivity contribution in [2.75, 3.05) is 0 Å². The molecule has 38 heavy (non-hydrogen) atoms. The van der Waals surface area contributed by atoms with Gasteiger partial charge in [-0.25, -0.2) is 4.98 Å². The van der Waals surface area contributed by atoms with Crippen molar-refractivity contribution in [3.05, 3.63) is 89.4 Å². The van der Waals surface area contributed by atoms with E-state index in [-0.39, 0.29) is 5.41 Å². The summed E-state index contributed by atoms with van der Waals surface area (Å²) in [6.45, 7) is 15.4. The number of aryl methyl sites for hydroxylation is 2. The number of nitrogens with zero attached hydrogens (tertiary/aromatic N) is 1. The maximum atomic E-state index is 6.26. The van der Waals surface area contributed by atoms with Crippen LogP contribution in [0.4, 0.5) is 0 Å². The first-order chi connectivity index (χ1) is 18.1. The molecule has 0 amide bonds. The van der Waals surface area contributed by atoms with Crippen molar-refractivity contribution in [1.82, 2.24) is 4.98 Å². The number of hydrogen-bond acceptors (Lipinski definition) is 3. The van der Waals surface area contributed by atoms with Crippen LogP contribution >= 0.6 is 0 Å². The molecular formula is C35H35NO2. The van der Waals surface area contributed by atoms with Gasteiger partial charge in [0.05, 0.1) is 5.69 Å². The summed E-state index contributed by atoms with van der Waals surface area (Å²) in [4.78, 5) is 5.01. The van der Waals surface area contributed by atoms with Crippen LogP contribution in [0.5, 0.6) is 0 Å². The highest BCUT2D eigenvalue weighted by Gasteiger charge is 2.21. The second-order valence-corrected chi connectivity index (χ2v) is 12.1. The van der Waals surface area contributed by atoms with Crippen LogP contribution in [0.1, 0.15) is 57.3 Å². The van der Waals surface area contributed by atoms with Gasteiger partial charge in [0.1, 0.15) is 17.1 Å². The average molecular weight is 502 g/mol. The standard InChI is InChI=1S/C35H35NO2/c1-20(2)14-28-22(4)38-33-18-24(12-13-27(28)33)29-19-32(36-34-30(29)15-21(3)37-34)25-16-23-10-8-9-11-26(23)31(17-25)35(5,6)7/h8-13,15-20H,14H2,1-7H3. The summed E-state index contributed by atoms with van der Waals surface area (Å²) in [5.41, 5.74) is 8.44. The maximum Gasteiger partial charge on any atom is 0.227 e. The smallest absolute Gasteiger partial charge is 0.227 e. The number of hydrogen-bond donors (Lipinski definition) is 0. The Morgan fingerprint density at radius 2 is 1.58 bits per heavy atom. The lowest BCUT2D eigenvalue weighted by atomic mass is 9.82. The molecule has 0 aliphatic rings. The monoisotopic (exact) mass is 501 g/mol. The molecule has 3 heterocycles. The van der Waals surface area contributed by atoms with E-state index in [2.05, 4.69) is 108 Å². The van der Waals surface area contributed by atoms with Crippen molar-refractivity contribution in [2.24, 2.45) is 5.92 Å². The van der Waals surface area contributed by atoms with E-state index < -0.39 is 0 Å². The molecule has 3 aromatic carbocycles. The summed E-state index contributed by atoms with van der Waals surface area (Å²) in [5, 5.41) is 4.74. The van der Waals surface area contributed by atoms with E-state index in [0.29, 0.717) is 11.6 Å². The molecule has 0 saturated carbocycles. The third-order valence-electron chi connectivity index (χ3n) is 7.51. The van der Waals surface area contributed by atoms with E-state index in [1.165, 1.54) is 27.3 Å². The molecule has 0 unspecified atom stereocenters. The molecule has 0 spiro atoms. The molecule has 3 heteroatoms. The number of fused-ring (bicyclic) bond motifs is 3. The zero-order valence-corrected chi connectivity index (χ0v) is 23.4. The van der Waals surface area contributed by atoms with Crippen LogP contribution in [0.15, 0.2) is 75.6 Å². The van der Waals surface area contributed by atoms with Crippen molar-refractivity contribution in [3.63, 3.8) is 0 Å². The van der Waals surface area contributed by atoms with E-state index in [0.717, 1.165) is 51.3 Å². The predicted octanol–water partition coefficient (Wildman–Crippen LogP) is 10.2. The van der Waals surface area contributed by atoms with Gasteiger partial charge in [-0.2, -0.15) is 0 Å². The Bertz CT molecular complexity index is 1820. The topological polar surface area (TPSA) is 39.2 Å². The van der Waals surface area contributed by atoms with E-state index in [4.69, 9.17) is 13.8 Å². The van der Waals surface area contributed by atoms with Gasteiger partial charge in [-0.05, 0) is 89.4 Å². The predicted molar refractivity (Wildman–Crippen MR) is 159 cm³/mol. The van der Waals surface area contributed by atoms with Gasteiger partial charge in [0, 0.05) is 21.9 Å².